The summed E-state index contributed by atoms with van der Waals surface area (Å²) in [5.41, 5.74) is 0.844. The summed E-state index contributed by atoms with van der Waals surface area (Å²) in [4.78, 5) is 15.4. The molecule has 2 aromatic heterocycles. The highest BCUT2D eigenvalue weighted by atomic mass is 35.5. The molecule has 0 aromatic carbocycles. The highest BCUT2D eigenvalue weighted by Gasteiger charge is 2.32. The van der Waals surface area contributed by atoms with Crippen molar-refractivity contribution in [3.05, 3.63) is 38.9 Å². The number of carbonyl (C=O) groups excluding carboxylic acids is 1. The van der Waals surface area contributed by atoms with Crippen molar-refractivity contribution >= 4 is 29.0 Å². The summed E-state index contributed by atoms with van der Waals surface area (Å²) in [5, 5.41) is 6.89. The summed E-state index contributed by atoms with van der Waals surface area (Å²) in [6.45, 7) is 3.24. The zero-order valence-electron chi connectivity index (χ0n) is 12.3. The third kappa shape index (κ3) is 3.44. The number of aryl methyl sites for hydroxylation is 1. The van der Waals surface area contributed by atoms with Crippen molar-refractivity contribution in [1.29, 1.82) is 0 Å². The van der Waals surface area contributed by atoms with Crippen LogP contribution >= 0.6 is 22.9 Å². The Balaban J connectivity index is 1.54. The minimum atomic E-state index is -0.0424. The predicted octanol–water partition coefficient (Wildman–Crippen LogP) is 3.79. The number of likely N-dealkylation sites (tertiary alicyclic amines) is 1. The molecule has 1 fully saturated rings. The molecule has 1 saturated heterocycles. The van der Waals surface area contributed by atoms with Gasteiger partial charge in [-0.15, -0.1) is 11.3 Å². The highest BCUT2D eigenvalue weighted by Crippen LogP contribution is 2.32. The van der Waals surface area contributed by atoms with E-state index in [4.69, 9.17) is 16.1 Å². The summed E-state index contributed by atoms with van der Waals surface area (Å²) in [5.74, 6) is 0.773. The largest absolute Gasteiger partial charge is 0.359 e. The van der Waals surface area contributed by atoms with Crippen LogP contribution in [0.25, 0.3) is 0 Å². The molecule has 7 heteroatoms. The van der Waals surface area contributed by atoms with E-state index in [9.17, 15) is 4.79 Å². The zero-order chi connectivity index (χ0) is 15.5. The maximum absolute atomic E-state index is 12.4. The molecule has 1 atom stereocenters. The van der Waals surface area contributed by atoms with Gasteiger partial charge in [0, 0.05) is 24.0 Å². The summed E-state index contributed by atoms with van der Waals surface area (Å²) < 4.78 is 6.10. The Hall–Kier alpha value is -1.53. The van der Waals surface area contributed by atoms with E-state index in [0.717, 1.165) is 41.6 Å². The highest BCUT2D eigenvalue weighted by molar-refractivity contribution is 7.16. The Morgan fingerprint density at radius 2 is 2.45 bits per heavy atom. The van der Waals surface area contributed by atoms with Crippen molar-refractivity contribution in [3.63, 3.8) is 0 Å². The number of aromatic nitrogens is 1. The first-order chi connectivity index (χ1) is 10.6. The third-order valence-electron chi connectivity index (χ3n) is 3.76. The van der Waals surface area contributed by atoms with Gasteiger partial charge in [0.15, 0.2) is 5.76 Å². The van der Waals surface area contributed by atoms with Gasteiger partial charge in [-0.25, -0.2) is 4.79 Å². The topological polar surface area (TPSA) is 58.4 Å². The number of carbonyl (C=O) groups is 1. The fourth-order valence-corrected chi connectivity index (χ4v) is 3.81. The quantitative estimate of drug-likeness (QED) is 0.922. The molecule has 0 unspecified atom stereocenters. The zero-order valence-corrected chi connectivity index (χ0v) is 13.9. The lowest BCUT2D eigenvalue weighted by molar-refractivity contribution is 0.182. The summed E-state index contributed by atoms with van der Waals surface area (Å²) >= 11 is 7.45. The molecule has 1 aliphatic heterocycles. The number of nitrogens with one attached hydrogen (secondary N) is 1. The van der Waals surface area contributed by atoms with E-state index in [-0.39, 0.29) is 12.1 Å². The van der Waals surface area contributed by atoms with E-state index < -0.39 is 0 Å². The molecule has 0 saturated carbocycles. The second-order valence-electron chi connectivity index (χ2n) is 5.41. The molecule has 3 rings (SSSR count). The Kier molecular flexibility index (Phi) is 4.69. The van der Waals surface area contributed by atoms with Crippen molar-refractivity contribution in [2.75, 3.05) is 13.1 Å². The summed E-state index contributed by atoms with van der Waals surface area (Å²) in [6, 6.07) is 5.74. The van der Waals surface area contributed by atoms with Crippen LogP contribution in [0.3, 0.4) is 0 Å². The lowest BCUT2D eigenvalue weighted by Gasteiger charge is -2.22. The molecule has 22 heavy (non-hydrogen) atoms. The lowest BCUT2D eigenvalue weighted by Crippen LogP contribution is -2.40. The predicted molar refractivity (Wildman–Crippen MR) is 86.4 cm³/mol. The van der Waals surface area contributed by atoms with Crippen LogP contribution in [0.15, 0.2) is 22.7 Å². The molecule has 118 valence electrons. The molecule has 0 spiro atoms. The van der Waals surface area contributed by atoms with Gasteiger partial charge in [0.25, 0.3) is 0 Å². The van der Waals surface area contributed by atoms with Gasteiger partial charge in [0.05, 0.1) is 16.1 Å². The van der Waals surface area contributed by atoms with Gasteiger partial charge in [0.1, 0.15) is 0 Å². The van der Waals surface area contributed by atoms with Gasteiger partial charge in [-0.1, -0.05) is 16.8 Å². The molecule has 2 amide bonds. The first-order valence-electron chi connectivity index (χ1n) is 7.35. The van der Waals surface area contributed by atoms with Crippen LogP contribution in [0.1, 0.15) is 35.2 Å². The van der Waals surface area contributed by atoms with E-state index >= 15 is 0 Å². The smallest absolute Gasteiger partial charge is 0.318 e. The molecule has 1 aliphatic rings. The number of urea groups is 1. The second kappa shape index (κ2) is 6.71. The van der Waals surface area contributed by atoms with Crippen LogP contribution in [-0.4, -0.2) is 29.2 Å². The summed E-state index contributed by atoms with van der Waals surface area (Å²) in [7, 11) is 0. The van der Waals surface area contributed by atoms with E-state index in [1.807, 2.05) is 30.0 Å². The minimum absolute atomic E-state index is 0.00242. The fraction of sp³-hybridized carbons (Fsp3) is 0.467. The second-order valence-corrected chi connectivity index (χ2v) is 7.21. The number of hydrogen-bond donors (Lipinski definition) is 1. The SMILES string of the molecule is Cc1cc([C@H]2CCCN2C(=O)NCCc2ccc(Cl)s2)on1. The fourth-order valence-electron chi connectivity index (χ4n) is 2.73. The van der Waals surface area contributed by atoms with E-state index in [0.29, 0.717) is 6.54 Å². The van der Waals surface area contributed by atoms with Crippen LogP contribution in [0.5, 0.6) is 0 Å². The van der Waals surface area contributed by atoms with E-state index in [1.165, 1.54) is 4.88 Å². The van der Waals surface area contributed by atoms with Gasteiger partial charge in [0.2, 0.25) is 0 Å². The molecule has 0 bridgehead atoms. The molecular weight excluding hydrogens is 322 g/mol. The number of rotatable bonds is 4. The Labute approximate surface area is 138 Å². The molecule has 3 heterocycles. The van der Waals surface area contributed by atoms with Crippen molar-refractivity contribution in [1.82, 2.24) is 15.4 Å². The van der Waals surface area contributed by atoms with Gasteiger partial charge < -0.3 is 14.7 Å². The van der Waals surface area contributed by atoms with Crippen molar-refractivity contribution in [2.24, 2.45) is 0 Å². The van der Waals surface area contributed by atoms with Gasteiger partial charge in [-0.2, -0.15) is 0 Å². The van der Waals surface area contributed by atoms with Crippen molar-refractivity contribution in [2.45, 2.75) is 32.2 Å². The van der Waals surface area contributed by atoms with Crippen LogP contribution in [0, 0.1) is 6.92 Å². The number of hydrogen-bond acceptors (Lipinski definition) is 4. The first-order valence-corrected chi connectivity index (χ1v) is 8.55. The maximum Gasteiger partial charge on any atom is 0.318 e. The average molecular weight is 340 g/mol. The van der Waals surface area contributed by atoms with E-state index in [1.54, 1.807) is 11.3 Å². The van der Waals surface area contributed by atoms with Gasteiger partial charge in [-0.05, 0) is 38.3 Å². The monoisotopic (exact) mass is 339 g/mol. The van der Waals surface area contributed by atoms with Gasteiger partial charge in [-0.3, -0.25) is 0 Å². The number of halogens is 1. The molecule has 0 aliphatic carbocycles. The molecular formula is C15H18ClN3O2S. The third-order valence-corrected chi connectivity index (χ3v) is 5.06. The number of nitrogens with zero attached hydrogens (tertiary/aromatic N) is 2. The van der Waals surface area contributed by atoms with Crippen molar-refractivity contribution in [3.8, 4) is 0 Å². The Morgan fingerprint density at radius 1 is 1.59 bits per heavy atom. The normalized spacial score (nSPS) is 17.9. The maximum atomic E-state index is 12.4. The number of thiophene rings is 1. The van der Waals surface area contributed by atoms with E-state index in [2.05, 4.69) is 10.5 Å². The van der Waals surface area contributed by atoms with Crippen LogP contribution < -0.4 is 5.32 Å². The first kappa shape index (κ1) is 15.4. The molecule has 1 N–H and O–H groups in total. The summed E-state index contributed by atoms with van der Waals surface area (Å²) in [6.07, 6.45) is 2.70. The molecule has 5 nitrogen and oxygen atoms in total. The van der Waals surface area contributed by atoms with Crippen molar-refractivity contribution < 1.29 is 9.32 Å². The Morgan fingerprint density at radius 3 is 3.14 bits per heavy atom. The van der Waals surface area contributed by atoms with Gasteiger partial charge >= 0.3 is 6.03 Å². The number of amides is 2. The average Bonchev–Trinajstić information content (AvgIpc) is 3.19. The lowest BCUT2D eigenvalue weighted by atomic mass is 10.1. The molecule has 2 aromatic rings. The van der Waals surface area contributed by atoms with Crippen LogP contribution in [-0.2, 0) is 6.42 Å². The Bertz CT molecular complexity index is 655. The molecule has 0 radical (unpaired) electrons. The van der Waals surface area contributed by atoms with Crippen LogP contribution in [0.2, 0.25) is 4.34 Å². The standard InChI is InChI=1S/C15H18ClN3O2S/c1-10-9-13(21-18-10)12-3-2-8-19(12)15(20)17-7-6-11-4-5-14(16)22-11/h4-5,9,12H,2-3,6-8H2,1H3,(H,17,20)/t12-/m1/s1. The van der Waals surface area contributed by atoms with Crippen LogP contribution in [0.4, 0.5) is 4.79 Å². The minimum Gasteiger partial charge on any atom is -0.359 e.